The SMILES string of the molecule is NC(=O)NN=Cc1ccc(OC(F)(F)F)cc1O. The molecular weight excluding hydrogens is 255 g/mol. The maximum Gasteiger partial charge on any atom is 0.573 e. The summed E-state index contributed by atoms with van der Waals surface area (Å²) in [5, 5.41) is 12.7. The third-order valence-electron chi connectivity index (χ3n) is 1.61. The number of hydrazone groups is 1. The van der Waals surface area contributed by atoms with Crippen molar-refractivity contribution < 1.29 is 27.8 Å². The summed E-state index contributed by atoms with van der Waals surface area (Å²) in [6.07, 6.45) is -3.83. The molecule has 0 atom stereocenters. The first kappa shape index (κ1) is 13.6. The van der Waals surface area contributed by atoms with E-state index in [4.69, 9.17) is 5.73 Å². The Bertz CT molecular complexity index is 474. The molecule has 0 bridgehead atoms. The number of nitrogens with one attached hydrogen (secondary N) is 1. The molecule has 9 heteroatoms. The first-order valence-corrected chi connectivity index (χ1v) is 4.45. The quantitative estimate of drug-likeness (QED) is 0.566. The molecule has 0 radical (unpaired) electrons. The van der Waals surface area contributed by atoms with Crippen molar-refractivity contribution in [1.29, 1.82) is 0 Å². The number of phenolic OH excluding ortho intramolecular Hbond substituents is 1. The molecule has 0 fully saturated rings. The largest absolute Gasteiger partial charge is 0.573 e. The number of hydrogen-bond acceptors (Lipinski definition) is 4. The summed E-state index contributed by atoms with van der Waals surface area (Å²) in [6, 6.07) is 1.96. The molecule has 0 aromatic heterocycles. The molecule has 0 aliphatic carbocycles. The van der Waals surface area contributed by atoms with Crippen molar-refractivity contribution in [2.45, 2.75) is 6.36 Å². The standard InChI is InChI=1S/C9H8F3N3O3/c10-9(11,12)18-6-2-1-5(7(16)3-6)4-14-15-8(13)17/h1-4,16H,(H3,13,15,17). The normalized spacial score (nSPS) is 11.5. The average Bonchev–Trinajstić information content (AvgIpc) is 2.18. The zero-order valence-electron chi connectivity index (χ0n) is 8.73. The minimum atomic E-state index is -4.84. The van der Waals surface area contributed by atoms with E-state index in [1.54, 1.807) is 0 Å². The monoisotopic (exact) mass is 263 g/mol. The minimum absolute atomic E-state index is 0.0817. The van der Waals surface area contributed by atoms with Crippen LogP contribution in [0.3, 0.4) is 0 Å². The molecule has 6 nitrogen and oxygen atoms in total. The molecule has 1 aromatic carbocycles. The molecule has 4 N–H and O–H groups in total. The Morgan fingerprint density at radius 1 is 1.50 bits per heavy atom. The molecular formula is C9H8F3N3O3. The number of amides is 2. The topological polar surface area (TPSA) is 96.9 Å². The van der Waals surface area contributed by atoms with Gasteiger partial charge in [-0.2, -0.15) is 5.10 Å². The Morgan fingerprint density at radius 2 is 2.17 bits per heavy atom. The number of halogens is 3. The highest BCUT2D eigenvalue weighted by molar-refractivity contribution is 5.84. The highest BCUT2D eigenvalue weighted by atomic mass is 19.4. The molecule has 0 aliphatic heterocycles. The molecule has 1 aromatic rings. The first-order valence-electron chi connectivity index (χ1n) is 4.45. The van der Waals surface area contributed by atoms with E-state index in [0.717, 1.165) is 24.4 Å². The van der Waals surface area contributed by atoms with Crippen molar-refractivity contribution in [1.82, 2.24) is 5.43 Å². The number of hydrogen-bond donors (Lipinski definition) is 3. The number of ether oxygens (including phenoxy) is 1. The highest BCUT2D eigenvalue weighted by Gasteiger charge is 2.31. The van der Waals surface area contributed by atoms with E-state index in [2.05, 4.69) is 9.84 Å². The van der Waals surface area contributed by atoms with Crippen LogP contribution < -0.4 is 15.9 Å². The molecule has 0 saturated heterocycles. The van der Waals surface area contributed by atoms with Crippen molar-refractivity contribution in [3.8, 4) is 11.5 Å². The second kappa shape index (κ2) is 5.25. The van der Waals surface area contributed by atoms with E-state index in [1.165, 1.54) is 0 Å². The number of carbonyl (C=O) groups is 1. The van der Waals surface area contributed by atoms with Gasteiger partial charge in [-0.05, 0) is 12.1 Å². The summed E-state index contributed by atoms with van der Waals surface area (Å²) >= 11 is 0. The predicted octanol–water partition coefficient (Wildman–Crippen LogP) is 1.29. The number of aromatic hydroxyl groups is 1. The van der Waals surface area contributed by atoms with Crippen LogP contribution in [0.5, 0.6) is 11.5 Å². The van der Waals surface area contributed by atoms with Gasteiger partial charge in [-0.25, -0.2) is 10.2 Å². The van der Waals surface area contributed by atoms with Crippen molar-refractivity contribution in [3.05, 3.63) is 23.8 Å². The lowest BCUT2D eigenvalue weighted by Crippen LogP contribution is -2.24. The van der Waals surface area contributed by atoms with Crippen LogP contribution in [0.1, 0.15) is 5.56 Å². The highest BCUT2D eigenvalue weighted by Crippen LogP contribution is 2.27. The van der Waals surface area contributed by atoms with E-state index in [9.17, 15) is 23.1 Å². The van der Waals surface area contributed by atoms with Gasteiger partial charge in [0.1, 0.15) is 11.5 Å². The van der Waals surface area contributed by atoms with Crippen LogP contribution in [-0.4, -0.2) is 23.7 Å². The number of urea groups is 1. The maximum atomic E-state index is 11.9. The average molecular weight is 263 g/mol. The van der Waals surface area contributed by atoms with Gasteiger partial charge in [0.2, 0.25) is 0 Å². The molecule has 2 amide bonds. The van der Waals surface area contributed by atoms with Crippen LogP contribution in [0.4, 0.5) is 18.0 Å². The number of primary amides is 1. The van der Waals surface area contributed by atoms with Gasteiger partial charge < -0.3 is 15.6 Å². The third kappa shape index (κ3) is 4.60. The van der Waals surface area contributed by atoms with Gasteiger partial charge in [0, 0.05) is 11.6 Å². The molecule has 0 spiro atoms. The molecule has 0 aliphatic rings. The van der Waals surface area contributed by atoms with Gasteiger partial charge in [0.25, 0.3) is 0 Å². The third-order valence-corrected chi connectivity index (χ3v) is 1.61. The summed E-state index contributed by atoms with van der Waals surface area (Å²) in [6.45, 7) is 0. The number of benzene rings is 1. The number of carbonyl (C=O) groups excluding carboxylic acids is 1. The summed E-state index contributed by atoms with van der Waals surface area (Å²) in [7, 11) is 0. The molecule has 0 unspecified atom stereocenters. The zero-order chi connectivity index (χ0) is 13.8. The fourth-order valence-corrected chi connectivity index (χ4v) is 0.995. The maximum absolute atomic E-state index is 11.9. The van der Waals surface area contributed by atoms with Crippen LogP contribution in [-0.2, 0) is 0 Å². The lowest BCUT2D eigenvalue weighted by molar-refractivity contribution is -0.274. The van der Waals surface area contributed by atoms with Crippen molar-refractivity contribution in [2.75, 3.05) is 0 Å². The van der Waals surface area contributed by atoms with Crippen LogP contribution in [0.2, 0.25) is 0 Å². The summed E-state index contributed by atoms with van der Waals surface area (Å²) in [4.78, 5) is 10.3. The Morgan fingerprint density at radius 3 is 2.67 bits per heavy atom. The first-order chi connectivity index (χ1) is 8.28. The van der Waals surface area contributed by atoms with Crippen molar-refractivity contribution in [2.24, 2.45) is 10.8 Å². The number of rotatable bonds is 3. The second-order valence-corrected chi connectivity index (χ2v) is 3.00. The zero-order valence-corrected chi connectivity index (χ0v) is 8.73. The molecule has 98 valence electrons. The van der Waals surface area contributed by atoms with Crippen LogP contribution >= 0.6 is 0 Å². The van der Waals surface area contributed by atoms with Gasteiger partial charge in [0.05, 0.1) is 6.21 Å². The minimum Gasteiger partial charge on any atom is -0.507 e. The molecule has 18 heavy (non-hydrogen) atoms. The molecule has 0 saturated carbocycles. The fourth-order valence-electron chi connectivity index (χ4n) is 0.995. The molecule has 1 rings (SSSR count). The van der Waals surface area contributed by atoms with Gasteiger partial charge in [0.15, 0.2) is 0 Å². The van der Waals surface area contributed by atoms with Gasteiger partial charge in [-0.1, -0.05) is 0 Å². The smallest absolute Gasteiger partial charge is 0.507 e. The van der Waals surface area contributed by atoms with Crippen LogP contribution in [0.15, 0.2) is 23.3 Å². The van der Waals surface area contributed by atoms with Crippen LogP contribution in [0.25, 0.3) is 0 Å². The summed E-state index contributed by atoms with van der Waals surface area (Å²) in [5.74, 6) is -1.06. The van der Waals surface area contributed by atoms with E-state index < -0.39 is 23.9 Å². The van der Waals surface area contributed by atoms with Crippen molar-refractivity contribution >= 4 is 12.2 Å². The summed E-state index contributed by atoms with van der Waals surface area (Å²) in [5.41, 5.74) is 6.66. The lowest BCUT2D eigenvalue weighted by atomic mass is 10.2. The van der Waals surface area contributed by atoms with E-state index in [1.807, 2.05) is 5.43 Å². The summed E-state index contributed by atoms with van der Waals surface area (Å²) < 4.78 is 39.2. The number of phenols is 1. The van der Waals surface area contributed by atoms with Gasteiger partial charge in [-0.3, -0.25) is 0 Å². The van der Waals surface area contributed by atoms with E-state index in [-0.39, 0.29) is 5.56 Å². The van der Waals surface area contributed by atoms with Crippen molar-refractivity contribution in [3.63, 3.8) is 0 Å². The van der Waals surface area contributed by atoms with Gasteiger partial charge >= 0.3 is 12.4 Å². The predicted molar refractivity (Wildman–Crippen MR) is 55.1 cm³/mol. The van der Waals surface area contributed by atoms with E-state index >= 15 is 0 Å². The second-order valence-electron chi connectivity index (χ2n) is 3.00. The Labute approximate surface area is 98.8 Å². The lowest BCUT2D eigenvalue weighted by Gasteiger charge is -2.09. The number of nitrogens with zero attached hydrogens (tertiary/aromatic N) is 1. The number of nitrogens with two attached hydrogens (primary N) is 1. The van der Waals surface area contributed by atoms with E-state index in [0.29, 0.717) is 0 Å². The Balaban J connectivity index is 2.80. The number of alkyl halides is 3. The van der Waals surface area contributed by atoms with Crippen LogP contribution in [0, 0.1) is 0 Å². The Hall–Kier alpha value is -2.45. The fraction of sp³-hybridized carbons (Fsp3) is 0.111. The Kier molecular flexibility index (Phi) is 3.97. The molecule has 0 heterocycles. The van der Waals surface area contributed by atoms with Gasteiger partial charge in [-0.15, -0.1) is 13.2 Å².